The maximum absolute atomic E-state index is 10.7. The fourth-order valence-electron chi connectivity index (χ4n) is 1.57. The largest absolute Gasteiger partial charge is 0.486 e. The summed E-state index contributed by atoms with van der Waals surface area (Å²) in [5, 5.41) is 4.82. The van der Waals surface area contributed by atoms with Gasteiger partial charge in [-0.25, -0.2) is 9.86 Å². The summed E-state index contributed by atoms with van der Waals surface area (Å²) in [4.78, 5) is 0. The van der Waals surface area contributed by atoms with Crippen molar-refractivity contribution in [1.29, 1.82) is 0 Å². The Kier molecular flexibility index (Phi) is 3.51. The average molecular weight is 258 g/mol. The molecule has 0 saturated carbocycles. The van der Waals surface area contributed by atoms with E-state index in [0.717, 1.165) is 0 Å². The van der Waals surface area contributed by atoms with Crippen LogP contribution in [0.15, 0.2) is 24.3 Å². The van der Waals surface area contributed by atoms with Gasteiger partial charge in [0.15, 0.2) is 11.5 Å². The van der Waals surface area contributed by atoms with Gasteiger partial charge in [-0.15, -0.1) is 0 Å². The molecule has 0 bridgehead atoms. The zero-order valence-corrected chi connectivity index (χ0v) is 9.94. The summed E-state index contributed by atoms with van der Waals surface area (Å²) in [7, 11) is -3.63. The van der Waals surface area contributed by atoms with Crippen LogP contribution in [0.2, 0.25) is 0 Å². The van der Waals surface area contributed by atoms with Crippen molar-refractivity contribution in [2.75, 3.05) is 13.2 Å². The van der Waals surface area contributed by atoms with Gasteiger partial charge in [0.05, 0.1) is 0 Å². The number of nitrogens with two attached hydrogens (primary N) is 1. The Morgan fingerprint density at radius 3 is 2.76 bits per heavy atom. The number of para-hydroxylation sites is 2. The smallest absolute Gasteiger partial charge is 0.274 e. The van der Waals surface area contributed by atoms with Crippen molar-refractivity contribution >= 4 is 10.2 Å². The molecule has 0 amide bonds. The lowest BCUT2D eigenvalue weighted by atomic mass is 10.2. The van der Waals surface area contributed by atoms with Crippen LogP contribution in [-0.2, 0) is 10.2 Å². The fraction of sp³-hybridized carbons (Fsp3) is 0.400. The molecule has 0 saturated heterocycles. The molecule has 1 unspecified atom stereocenters. The second-order valence-corrected chi connectivity index (χ2v) is 5.10. The zero-order chi connectivity index (χ0) is 12.3. The van der Waals surface area contributed by atoms with Crippen LogP contribution in [0.1, 0.15) is 6.42 Å². The van der Waals surface area contributed by atoms with Gasteiger partial charge in [0.25, 0.3) is 10.2 Å². The van der Waals surface area contributed by atoms with E-state index in [9.17, 15) is 8.42 Å². The number of benzene rings is 1. The normalized spacial score (nSPS) is 19.0. The number of rotatable bonds is 4. The van der Waals surface area contributed by atoms with E-state index in [1.54, 1.807) is 0 Å². The van der Waals surface area contributed by atoms with E-state index in [4.69, 9.17) is 14.6 Å². The van der Waals surface area contributed by atoms with Crippen molar-refractivity contribution in [3.8, 4) is 11.5 Å². The first-order valence-corrected chi connectivity index (χ1v) is 6.75. The molecule has 17 heavy (non-hydrogen) atoms. The van der Waals surface area contributed by atoms with Crippen molar-refractivity contribution < 1.29 is 17.9 Å². The Bertz CT molecular complexity index is 489. The van der Waals surface area contributed by atoms with Crippen LogP contribution in [0.3, 0.4) is 0 Å². The minimum absolute atomic E-state index is 0.167. The van der Waals surface area contributed by atoms with Crippen LogP contribution in [-0.4, -0.2) is 27.7 Å². The Morgan fingerprint density at radius 1 is 1.35 bits per heavy atom. The third-order valence-electron chi connectivity index (χ3n) is 2.34. The van der Waals surface area contributed by atoms with Crippen LogP contribution in [0, 0.1) is 0 Å². The first-order chi connectivity index (χ1) is 8.04. The van der Waals surface area contributed by atoms with E-state index in [1.807, 2.05) is 24.3 Å². The van der Waals surface area contributed by atoms with Gasteiger partial charge in [-0.1, -0.05) is 12.1 Å². The van der Waals surface area contributed by atoms with E-state index in [1.165, 1.54) is 0 Å². The number of ether oxygens (including phenoxy) is 2. The Hall–Kier alpha value is -1.31. The number of hydrogen-bond acceptors (Lipinski definition) is 4. The first kappa shape index (κ1) is 12.2. The molecule has 7 heteroatoms. The van der Waals surface area contributed by atoms with Gasteiger partial charge in [0.2, 0.25) is 0 Å². The predicted molar refractivity (Wildman–Crippen MR) is 62.1 cm³/mol. The molecule has 1 aromatic carbocycles. The molecule has 1 aromatic rings. The van der Waals surface area contributed by atoms with Crippen molar-refractivity contribution in [3.05, 3.63) is 24.3 Å². The van der Waals surface area contributed by atoms with Gasteiger partial charge >= 0.3 is 0 Å². The average Bonchev–Trinajstić information content (AvgIpc) is 2.27. The summed E-state index contributed by atoms with van der Waals surface area (Å²) in [6.45, 7) is 0.637. The molecule has 1 heterocycles. The lowest BCUT2D eigenvalue weighted by Gasteiger charge is -2.26. The molecule has 6 nitrogen and oxygen atoms in total. The topological polar surface area (TPSA) is 90.7 Å². The maximum atomic E-state index is 10.7. The van der Waals surface area contributed by atoms with Crippen LogP contribution in [0.25, 0.3) is 0 Å². The summed E-state index contributed by atoms with van der Waals surface area (Å²) in [5.74, 6) is 1.39. The SMILES string of the molecule is NS(=O)(=O)NCCC1COc2ccccc2O1. The number of hydrogen-bond donors (Lipinski definition) is 2. The highest BCUT2D eigenvalue weighted by molar-refractivity contribution is 7.87. The molecule has 0 fully saturated rings. The molecule has 0 radical (unpaired) electrons. The minimum atomic E-state index is -3.63. The summed E-state index contributed by atoms with van der Waals surface area (Å²) in [6.07, 6.45) is 0.337. The van der Waals surface area contributed by atoms with Crippen LogP contribution in [0.5, 0.6) is 11.5 Å². The Morgan fingerprint density at radius 2 is 2.06 bits per heavy atom. The van der Waals surface area contributed by atoms with E-state index < -0.39 is 10.2 Å². The quantitative estimate of drug-likeness (QED) is 0.796. The molecule has 0 aliphatic carbocycles. The second kappa shape index (κ2) is 4.91. The number of fused-ring (bicyclic) bond motifs is 1. The monoisotopic (exact) mass is 258 g/mol. The lowest BCUT2D eigenvalue weighted by molar-refractivity contribution is 0.0859. The minimum Gasteiger partial charge on any atom is -0.486 e. The molecule has 1 aliphatic rings. The Balaban J connectivity index is 1.86. The highest BCUT2D eigenvalue weighted by Gasteiger charge is 2.20. The summed E-state index contributed by atoms with van der Waals surface area (Å²) in [6, 6.07) is 7.36. The van der Waals surface area contributed by atoms with Gasteiger partial charge in [0.1, 0.15) is 12.7 Å². The van der Waals surface area contributed by atoms with Crippen LogP contribution >= 0.6 is 0 Å². The molecular formula is C10H14N2O4S. The molecule has 94 valence electrons. The number of nitrogens with one attached hydrogen (secondary N) is 1. The third kappa shape index (κ3) is 3.58. The molecule has 0 aromatic heterocycles. The van der Waals surface area contributed by atoms with E-state index >= 15 is 0 Å². The first-order valence-electron chi connectivity index (χ1n) is 5.20. The lowest BCUT2D eigenvalue weighted by Crippen LogP contribution is -2.36. The summed E-state index contributed by atoms with van der Waals surface area (Å²) in [5.41, 5.74) is 0. The molecular weight excluding hydrogens is 244 g/mol. The standard InChI is InChI=1S/C10H14N2O4S/c11-17(13,14)12-6-5-8-7-15-9-3-1-2-4-10(9)16-8/h1-4,8,12H,5-7H2,(H2,11,13,14). The molecule has 1 atom stereocenters. The van der Waals surface area contributed by atoms with Gasteiger partial charge in [0, 0.05) is 13.0 Å². The van der Waals surface area contributed by atoms with E-state index in [-0.39, 0.29) is 12.6 Å². The third-order valence-corrected chi connectivity index (χ3v) is 2.94. The molecule has 1 aliphatic heterocycles. The van der Waals surface area contributed by atoms with Crippen molar-refractivity contribution in [3.63, 3.8) is 0 Å². The van der Waals surface area contributed by atoms with Gasteiger partial charge in [-0.3, -0.25) is 0 Å². The summed E-state index contributed by atoms with van der Waals surface area (Å²) < 4.78 is 34.7. The molecule has 3 N–H and O–H groups in total. The maximum Gasteiger partial charge on any atom is 0.274 e. The van der Waals surface area contributed by atoms with E-state index in [2.05, 4.69) is 4.72 Å². The fourth-order valence-corrected chi connectivity index (χ4v) is 1.97. The highest BCUT2D eigenvalue weighted by Crippen LogP contribution is 2.31. The highest BCUT2D eigenvalue weighted by atomic mass is 32.2. The predicted octanol–water partition coefficient (Wildman–Crippen LogP) is 0.00960. The van der Waals surface area contributed by atoms with Gasteiger partial charge in [-0.05, 0) is 12.1 Å². The van der Waals surface area contributed by atoms with E-state index in [0.29, 0.717) is 24.5 Å². The second-order valence-electron chi connectivity index (χ2n) is 3.73. The van der Waals surface area contributed by atoms with Crippen LogP contribution in [0.4, 0.5) is 0 Å². The van der Waals surface area contributed by atoms with Crippen LogP contribution < -0.4 is 19.3 Å². The van der Waals surface area contributed by atoms with Crippen molar-refractivity contribution in [2.45, 2.75) is 12.5 Å². The zero-order valence-electron chi connectivity index (χ0n) is 9.13. The Labute approximate surface area is 99.9 Å². The van der Waals surface area contributed by atoms with Gasteiger partial charge in [-0.2, -0.15) is 8.42 Å². The van der Waals surface area contributed by atoms with Crippen molar-refractivity contribution in [1.82, 2.24) is 4.72 Å². The van der Waals surface area contributed by atoms with Gasteiger partial charge < -0.3 is 9.47 Å². The van der Waals surface area contributed by atoms with Crippen molar-refractivity contribution in [2.24, 2.45) is 5.14 Å². The molecule has 0 spiro atoms. The molecule has 2 rings (SSSR count). The summed E-state index contributed by atoms with van der Waals surface area (Å²) >= 11 is 0.